The maximum atomic E-state index is 12.3. The number of aromatic nitrogens is 2. The number of anilines is 5. The predicted octanol–water partition coefficient (Wildman–Crippen LogP) is 6.10. The highest BCUT2D eigenvalue weighted by molar-refractivity contribution is 6.02. The largest absolute Gasteiger partial charge is 0.494 e. The van der Waals surface area contributed by atoms with Gasteiger partial charge in [0, 0.05) is 50.0 Å². The minimum Gasteiger partial charge on any atom is -0.494 e. The summed E-state index contributed by atoms with van der Waals surface area (Å²) in [6.45, 7) is 11.7. The van der Waals surface area contributed by atoms with Crippen molar-refractivity contribution in [1.82, 2.24) is 14.9 Å². The van der Waals surface area contributed by atoms with Gasteiger partial charge in [0.15, 0.2) is 0 Å². The summed E-state index contributed by atoms with van der Waals surface area (Å²) in [4.78, 5) is 26.0. The Morgan fingerprint density at radius 2 is 1.83 bits per heavy atom. The van der Waals surface area contributed by atoms with Gasteiger partial charge >= 0.3 is 0 Å². The molecule has 2 aromatic carbocycles. The molecule has 0 spiro atoms. The van der Waals surface area contributed by atoms with E-state index in [-0.39, 0.29) is 11.8 Å². The number of nitrogens with zero attached hydrogens (tertiary/aromatic N) is 4. The van der Waals surface area contributed by atoms with Crippen molar-refractivity contribution in [3.8, 4) is 5.75 Å². The first kappa shape index (κ1) is 31.4. The summed E-state index contributed by atoms with van der Waals surface area (Å²) >= 11 is 0. The molecule has 0 bridgehead atoms. The summed E-state index contributed by atoms with van der Waals surface area (Å²) in [5.74, 6) is 0.866. The molecule has 1 atom stereocenters. The zero-order chi connectivity index (χ0) is 29.9. The first-order valence-electron chi connectivity index (χ1n) is 14.1. The highest BCUT2D eigenvalue weighted by Gasteiger charge is 2.21. The predicted molar refractivity (Wildman–Crippen MR) is 171 cm³/mol. The minimum atomic E-state index is -0.294. The fourth-order valence-electron chi connectivity index (χ4n) is 4.65. The van der Waals surface area contributed by atoms with Crippen molar-refractivity contribution in [3.63, 3.8) is 0 Å². The van der Waals surface area contributed by atoms with Gasteiger partial charge < -0.3 is 30.5 Å². The van der Waals surface area contributed by atoms with Crippen LogP contribution >= 0.6 is 0 Å². The van der Waals surface area contributed by atoms with Gasteiger partial charge in [-0.25, -0.2) is 9.97 Å². The van der Waals surface area contributed by atoms with Crippen LogP contribution in [0.15, 0.2) is 61.3 Å². The molecule has 0 aliphatic rings. The number of methoxy groups -OCH3 is 1. The molecule has 9 heteroatoms. The highest BCUT2D eigenvalue weighted by Crippen LogP contribution is 2.38. The molecule has 1 amide bonds. The fraction of sp³-hybridized carbons (Fsp3) is 0.406. The molecule has 3 aromatic rings. The van der Waals surface area contributed by atoms with Crippen LogP contribution < -0.4 is 25.6 Å². The van der Waals surface area contributed by atoms with E-state index in [0.29, 0.717) is 29.1 Å². The van der Waals surface area contributed by atoms with Crippen LogP contribution in [0.5, 0.6) is 5.75 Å². The van der Waals surface area contributed by atoms with Crippen molar-refractivity contribution in [2.75, 3.05) is 62.2 Å². The maximum absolute atomic E-state index is 12.3. The van der Waals surface area contributed by atoms with Crippen molar-refractivity contribution >= 4 is 34.6 Å². The molecule has 0 saturated heterocycles. The van der Waals surface area contributed by atoms with Crippen LogP contribution in [0.3, 0.4) is 0 Å². The van der Waals surface area contributed by atoms with Gasteiger partial charge in [-0.15, -0.1) is 0 Å². The van der Waals surface area contributed by atoms with E-state index in [1.807, 2.05) is 39.3 Å². The van der Waals surface area contributed by atoms with Gasteiger partial charge in [-0.2, -0.15) is 0 Å². The van der Waals surface area contributed by atoms with Crippen molar-refractivity contribution in [1.29, 1.82) is 0 Å². The van der Waals surface area contributed by atoms with Gasteiger partial charge in [-0.1, -0.05) is 38.1 Å². The van der Waals surface area contributed by atoms with Gasteiger partial charge in [0.1, 0.15) is 5.75 Å². The number of carbonyl (C=O) groups excluding carboxylic acids is 1. The van der Waals surface area contributed by atoms with Crippen molar-refractivity contribution in [2.24, 2.45) is 0 Å². The summed E-state index contributed by atoms with van der Waals surface area (Å²) in [5, 5.41) is 9.86. The molecule has 3 rings (SSSR count). The third kappa shape index (κ3) is 8.69. The lowest BCUT2D eigenvalue weighted by molar-refractivity contribution is -0.111. The molecular formula is C32H45N7O2. The molecule has 1 heterocycles. The minimum absolute atomic E-state index is 0.100. The zero-order valence-electron chi connectivity index (χ0n) is 25.5. The van der Waals surface area contributed by atoms with Gasteiger partial charge in [0.25, 0.3) is 0 Å². The summed E-state index contributed by atoms with van der Waals surface area (Å²) in [5.41, 5.74) is 5.37. The van der Waals surface area contributed by atoms with Crippen molar-refractivity contribution in [2.45, 2.75) is 45.6 Å². The average Bonchev–Trinajstić information content (AvgIpc) is 2.95. The molecule has 220 valence electrons. The monoisotopic (exact) mass is 559 g/mol. The molecule has 9 nitrogen and oxygen atoms in total. The van der Waals surface area contributed by atoms with Gasteiger partial charge in [-0.3, -0.25) is 4.79 Å². The molecule has 1 aromatic heterocycles. The Morgan fingerprint density at radius 1 is 1.07 bits per heavy atom. The summed E-state index contributed by atoms with van der Waals surface area (Å²) in [6, 6.07) is 14.5. The number of hydrogen-bond acceptors (Lipinski definition) is 8. The van der Waals surface area contributed by atoms with E-state index in [9.17, 15) is 4.79 Å². The molecular weight excluding hydrogens is 514 g/mol. The zero-order valence-corrected chi connectivity index (χ0v) is 25.5. The average molecular weight is 560 g/mol. The van der Waals surface area contributed by atoms with E-state index < -0.39 is 0 Å². The van der Waals surface area contributed by atoms with E-state index >= 15 is 0 Å². The molecule has 0 aliphatic carbocycles. The molecule has 0 fully saturated rings. The fourth-order valence-corrected chi connectivity index (χ4v) is 4.65. The van der Waals surface area contributed by atoms with Crippen LogP contribution in [0.1, 0.15) is 50.8 Å². The molecule has 0 radical (unpaired) electrons. The number of nitrogens with one attached hydrogen (secondary N) is 3. The van der Waals surface area contributed by atoms with Crippen LogP contribution in [-0.4, -0.2) is 68.2 Å². The number of amides is 1. The first-order valence-corrected chi connectivity index (χ1v) is 14.1. The second-order valence-corrected chi connectivity index (χ2v) is 10.6. The standard InChI is InChI=1S/C32H45N7O2/c1-9-13-23(24-14-11-12-15-25(24)34-22(3)4)26-16-17-33-32(36-26)37-28-20-27(35-31(40)10-2)29(21-30(28)41-8)39(7)19-18-38(5)6/h10-12,14-17,20-23,34H,2,9,13,18-19H2,1,3-8H3,(H,35,40)(H,33,36,37). The van der Waals surface area contributed by atoms with E-state index in [1.165, 1.54) is 11.6 Å². The summed E-state index contributed by atoms with van der Waals surface area (Å²) in [7, 11) is 7.67. The molecule has 1 unspecified atom stereocenters. The summed E-state index contributed by atoms with van der Waals surface area (Å²) < 4.78 is 5.76. The van der Waals surface area contributed by atoms with E-state index in [2.05, 4.69) is 82.3 Å². The van der Waals surface area contributed by atoms with Crippen LogP contribution in [0.25, 0.3) is 0 Å². The first-order chi connectivity index (χ1) is 19.7. The van der Waals surface area contributed by atoms with Gasteiger partial charge in [-0.05, 0) is 64.2 Å². The highest BCUT2D eigenvalue weighted by atomic mass is 16.5. The van der Waals surface area contributed by atoms with E-state index in [0.717, 1.165) is 43.0 Å². The number of likely N-dealkylation sites (N-methyl/N-ethyl adjacent to an activating group) is 2. The normalized spacial score (nSPS) is 11.7. The van der Waals surface area contributed by atoms with E-state index in [4.69, 9.17) is 9.72 Å². The van der Waals surface area contributed by atoms with Gasteiger partial charge in [0.05, 0.1) is 29.9 Å². The quantitative estimate of drug-likeness (QED) is 0.192. The number of para-hydroxylation sites is 1. The lowest BCUT2D eigenvalue weighted by Crippen LogP contribution is -2.29. The number of benzene rings is 2. The van der Waals surface area contributed by atoms with Gasteiger partial charge in [0.2, 0.25) is 11.9 Å². The Bertz CT molecular complexity index is 1310. The lowest BCUT2D eigenvalue weighted by Gasteiger charge is -2.26. The Labute approximate surface area is 245 Å². The number of ether oxygens (including phenoxy) is 1. The number of carbonyl (C=O) groups is 1. The summed E-state index contributed by atoms with van der Waals surface area (Å²) in [6.07, 6.45) is 4.99. The Kier molecular flexibility index (Phi) is 11.5. The molecule has 0 aliphatic heterocycles. The Balaban J connectivity index is 2.00. The number of rotatable bonds is 15. The van der Waals surface area contributed by atoms with E-state index in [1.54, 1.807) is 13.3 Å². The third-order valence-electron chi connectivity index (χ3n) is 6.69. The third-order valence-corrected chi connectivity index (χ3v) is 6.69. The smallest absolute Gasteiger partial charge is 0.247 e. The van der Waals surface area contributed by atoms with Crippen molar-refractivity contribution in [3.05, 3.63) is 72.6 Å². The van der Waals surface area contributed by atoms with Crippen LogP contribution in [0.4, 0.5) is 28.7 Å². The SMILES string of the molecule is C=CC(=O)Nc1cc(Nc2nccc(C(CCC)c3ccccc3NC(C)C)n2)c(OC)cc1N(C)CCN(C)C. The molecule has 3 N–H and O–H groups in total. The molecule has 41 heavy (non-hydrogen) atoms. The second-order valence-electron chi connectivity index (χ2n) is 10.6. The van der Waals surface area contributed by atoms with Crippen molar-refractivity contribution < 1.29 is 9.53 Å². The van der Waals surface area contributed by atoms with Crippen LogP contribution in [-0.2, 0) is 4.79 Å². The van der Waals surface area contributed by atoms with Crippen LogP contribution in [0.2, 0.25) is 0 Å². The lowest BCUT2D eigenvalue weighted by atomic mass is 9.89. The maximum Gasteiger partial charge on any atom is 0.247 e. The second kappa shape index (κ2) is 15.0. The topological polar surface area (TPSA) is 94.6 Å². The number of hydrogen-bond donors (Lipinski definition) is 3. The van der Waals surface area contributed by atoms with Crippen LogP contribution in [0, 0.1) is 0 Å². The Hall–Kier alpha value is -4.11. The Morgan fingerprint density at radius 3 is 2.49 bits per heavy atom. The molecule has 0 saturated carbocycles.